The summed E-state index contributed by atoms with van der Waals surface area (Å²) in [5.74, 6) is -0.517. The zero-order chi connectivity index (χ0) is 22.5. The molecule has 0 saturated carbocycles. The maximum absolute atomic E-state index is 13.9. The van der Waals surface area contributed by atoms with Gasteiger partial charge in [-0.15, -0.1) is 0 Å². The first kappa shape index (κ1) is 20.7. The van der Waals surface area contributed by atoms with Crippen LogP contribution in [0.15, 0.2) is 29.2 Å². The lowest BCUT2D eigenvalue weighted by Crippen LogP contribution is -2.72. The number of anilines is 1. The summed E-state index contributed by atoms with van der Waals surface area (Å²) in [6, 6.07) is 4.24. The molecule has 0 aromatic carbocycles. The number of pyridine rings is 1. The lowest BCUT2D eigenvalue weighted by molar-refractivity contribution is -0.153. The molecule has 4 amide bonds. The van der Waals surface area contributed by atoms with Crippen molar-refractivity contribution in [3.05, 3.63) is 40.3 Å². The van der Waals surface area contributed by atoms with Crippen LogP contribution in [0.5, 0.6) is 0 Å². The molecule has 3 aliphatic heterocycles. The van der Waals surface area contributed by atoms with Gasteiger partial charge in [-0.25, -0.2) is 9.78 Å². The van der Waals surface area contributed by atoms with E-state index in [9.17, 15) is 19.2 Å². The van der Waals surface area contributed by atoms with Gasteiger partial charge < -0.3 is 4.90 Å². The Kier molecular flexibility index (Phi) is 4.98. The van der Waals surface area contributed by atoms with Gasteiger partial charge >= 0.3 is 6.03 Å². The molecule has 5 heterocycles. The summed E-state index contributed by atoms with van der Waals surface area (Å²) in [6.07, 6.45) is 6.42. The number of barbiturate groups is 1. The van der Waals surface area contributed by atoms with Gasteiger partial charge in [0.2, 0.25) is 11.8 Å². The lowest BCUT2D eigenvalue weighted by atomic mass is 9.68. The Morgan fingerprint density at radius 1 is 1.16 bits per heavy atom. The molecule has 2 saturated heterocycles. The average Bonchev–Trinajstić information content (AvgIpc) is 3.05. The first-order valence-corrected chi connectivity index (χ1v) is 11.4. The molecule has 3 aliphatic rings. The number of aromatic nitrogens is 2. The number of urea groups is 1. The van der Waals surface area contributed by atoms with E-state index >= 15 is 0 Å². The minimum Gasteiger partial charge on any atom is -0.352 e. The van der Waals surface area contributed by atoms with Gasteiger partial charge in [0.1, 0.15) is 11.5 Å². The van der Waals surface area contributed by atoms with Crippen LogP contribution in [0.2, 0.25) is 0 Å². The van der Waals surface area contributed by atoms with Crippen molar-refractivity contribution in [2.45, 2.75) is 57.9 Å². The predicted octanol–water partition coefficient (Wildman–Crippen LogP) is 1.86. The van der Waals surface area contributed by atoms with E-state index in [1.165, 1.54) is 9.30 Å². The molecule has 2 atom stereocenters. The van der Waals surface area contributed by atoms with Crippen molar-refractivity contribution in [1.82, 2.24) is 19.6 Å². The van der Waals surface area contributed by atoms with Gasteiger partial charge in [0, 0.05) is 25.7 Å². The average molecular weight is 438 g/mol. The number of unbranched alkanes of at least 4 members (excludes halogenated alkanes) is 1. The highest BCUT2D eigenvalue weighted by Crippen LogP contribution is 2.45. The number of hydrogen-bond donors (Lipinski definition) is 1. The molecular formula is C23H27N5O4. The number of hydrogen-bond acceptors (Lipinski definition) is 6. The number of rotatable bonds is 3. The molecule has 2 aromatic rings. The first-order valence-electron chi connectivity index (χ1n) is 11.4. The van der Waals surface area contributed by atoms with Crippen LogP contribution in [-0.2, 0) is 16.0 Å². The van der Waals surface area contributed by atoms with E-state index in [1.54, 1.807) is 18.3 Å². The number of imide groups is 2. The molecule has 168 valence electrons. The van der Waals surface area contributed by atoms with E-state index < -0.39 is 29.3 Å². The lowest BCUT2D eigenvalue weighted by Gasteiger charge is -2.50. The summed E-state index contributed by atoms with van der Waals surface area (Å²) in [5.41, 5.74) is -0.886. The molecule has 9 nitrogen and oxygen atoms in total. The second-order valence-electron chi connectivity index (χ2n) is 8.92. The fourth-order valence-corrected chi connectivity index (χ4v) is 5.45. The molecule has 2 fully saturated rings. The van der Waals surface area contributed by atoms with Crippen LogP contribution in [0.3, 0.4) is 0 Å². The normalized spacial score (nSPS) is 25.5. The Hall–Kier alpha value is -3.23. The minimum absolute atomic E-state index is 0.0479. The van der Waals surface area contributed by atoms with Gasteiger partial charge in [-0.1, -0.05) is 32.3 Å². The maximum atomic E-state index is 13.9. The molecule has 0 radical (unpaired) electrons. The molecule has 2 aromatic heterocycles. The van der Waals surface area contributed by atoms with Gasteiger partial charge in [0.15, 0.2) is 5.41 Å². The van der Waals surface area contributed by atoms with E-state index in [2.05, 4.69) is 5.32 Å². The number of nitrogens with one attached hydrogen (secondary N) is 1. The van der Waals surface area contributed by atoms with E-state index in [-0.39, 0.29) is 18.5 Å². The van der Waals surface area contributed by atoms with Gasteiger partial charge in [-0.3, -0.25) is 29.0 Å². The van der Waals surface area contributed by atoms with Crippen molar-refractivity contribution in [3.63, 3.8) is 0 Å². The predicted molar refractivity (Wildman–Crippen MR) is 117 cm³/mol. The Balaban J connectivity index is 1.72. The van der Waals surface area contributed by atoms with Crippen molar-refractivity contribution in [2.75, 3.05) is 18.0 Å². The molecule has 32 heavy (non-hydrogen) atoms. The van der Waals surface area contributed by atoms with Crippen LogP contribution >= 0.6 is 0 Å². The van der Waals surface area contributed by atoms with Crippen LogP contribution in [0.1, 0.15) is 51.0 Å². The quantitative estimate of drug-likeness (QED) is 0.735. The third kappa shape index (κ3) is 2.87. The summed E-state index contributed by atoms with van der Waals surface area (Å²) in [5, 5.41) is 2.44. The molecule has 1 N–H and O–H groups in total. The molecule has 0 unspecified atom stereocenters. The molecule has 0 bridgehead atoms. The highest BCUT2D eigenvalue weighted by molar-refractivity contribution is 6.20. The molecule has 5 rings (SSSR count). The van der Waals surface area contributed by atoms with Gasteiger partial charge in [0.05, 0.1) is 11.6 Å². The SMILES string of the molecule is CCCCN1C(=O)NC(=O)[C@]2(Cc3c(nc4ccccn4c3=O)N3CCCCC[C@@H]32)C1=O. The number of carbonyl (C=O) groups is 3. The number of carbonyl (C=O) groups excluding carboxylic acids is 3. The van der Waals surface area contributed by atoms with Crippen molar-refractivity contribution in [1.29, 1.82) is 0 Å². The zero-order valence-corrected chi connectivity index (χ0v) is 18.2. The molecule has 0 aliphatic carbocycles. The van der Waals surface area contributed by atoms with Crippen LogP contribution < -0.4 is 15.8 Å². The van der Waals surface area contributed by atoms with E-state index in [0.29, 0.717) is 36.4 Å². The smallest absolute Gasteiger partial charge is 0.330 e. The van der Waals surface area contributed by atoms with Crippen LogP contribution in [-0.4, -0.2) is 51.3 Å². The van der Waals surface area contributed by atoms with Crippen molar-refractivity contribution in [3.8, 4) is 0 Å². The van der Waals surface area contributed by atoms with Gasteiger partial charge in [0.25, 0.3) is 5.56 Å². The zero-order valence-electron chi connectivity index (χ0n) is 18.2. The highest BCUT2D eigenvalue weighted by Gasteiger charge is 2.62. The minimum atomic E-state index is -1.51. The summed E-state index contributed by atoms with van der Waals surface area (Å²) in [4.78, 5) is 61.2. The second-order valence-corrected chi connectivity index (χ2v) is 8.92. The second kappa shape index (κ2) is 7.72. The molecular weight excluding hydrogens is 410 g/mol. The third-order valence-electron chi connectivity index (χ3n) is 7.09. The monoisotopic (exact) mass is 437 g/mol. The number of fused-ring (bicyclic) bond motifs is 5. The van der Waals surface area contributed by atoms with Crippen molar-refractivity contribution < 1.29 is 14.4 Å². The number of amides is 4. The first-order chi connectivity index (χ1) is 15.5. The fraction of sp³-hybridized carbons (Fsp3) is 0.522. The Morgan fingerprint density at radius 3 is 2.81 bits per heavy atom. The molecule has 9 heteroatoms. The van der Waals surface area contributed by atoms with Gasteiger partial charge in [-0.2, -0.15) is 0 Å². The molecule has 1 spiro atoms. The summed E-state index contributed by atoms with van der Waals surface area (Å²) >= 11 is 0. The van der Waals surface area contributed by atoms with Crippen molar-refractivity contribution in [2.24, 2.45) is 5.41 Å². The van der Waals surface area contributed by atoms with Crippen LogP contribution in [0, 0.1) is 5.41 Å². The van der Waals surface area contributed by atoms with Gasteiger partial charge in [-0.05, 0) is 31.4 Å². The van der Waals surface area contributed by atoms with Crippen LogP contribution in [0.4, 0.5) is 10.6 Å². The largest absolute Gasteiger partial charge is 0.352 e. The van der Waals surface area contributed by atoms with E-state index in [4.69, 9.17) is 4.98 Å². The van der Waals surface area contributed by atoms with Crippen molar-refractivity contribution >= 4 is 29.3 Å². The van der Waals surface area contributed by atoms with Crippen LogP contribution in [0.25, 0.3) is 5.65 Å². The third-order valence-corrected chi connectivity index (χ3v) is 7.09. The Bertz CT molecular complexity index is 1170. The fourth-order valence-electron chi connectivity index (χ4n) is 5.45. The Morgan fingerprint density at radius 2 is 2.00 bits per heavy atom. The summed E-state index contributed by atoms with van der Waals surface area (Å²) in [7, 11) is 0. The summed E-state index contributed by atoms with van der Waals surface area (Å²) < 4.78 is 1.45. The maximum Gasteiger partial charge on any atom is 0.330 e. The van der Waals surface area contributed by atoms with E-state index in [0.717, 1.165) is 25.7 Å². The highest BCUT2D eigenvalue weighted by atomic mass is 16.2. The van der Waals surface area contributed by atoms with E-state index in [1.807, 2.05) is 17.9 Å². The standard InChI is InChI=1S/C23H27N5O4/c1-2-3-11-28-21(31)23(20(30)25-22(28)32)14-15-18(26-12-7-4-5-9-16(23)26)24-17-10-6-8-13-27(17)19(15)29/h6,8,10,13,16H,2-5,7,9,11-12,14H2,1H3,(H,25,30,32)/t16-,23-/m1/s1. The Labute approximate surface area is 185 Å². The topological polar surface area (TPSA) is 104 Å². The number of nitrogens with zero attached hydrogens (tertiary/aromatic N) is 4. The summed E-state index contributed by atoms with van der Waals surface area (Å²) in [6.45, 7) is 2.85.